The second kappa shape index (κ2) is 5.11. The van der Waals surface area contributed by atoms with Crippen LogP contribution < -0.4 is 10.5 Å². The third-order valence-electron chi connectivity index (χ3n) is 3.95. The van der Waals surface area contributed by atoms with Crippen LogP contribution in [0.2, 0.25) is 0 Å². The fourth-order valence-electron chi connectivity index (χ4n) is 3.10. The second-order valence-corrected chi connectivity index (χ2v) is 5.19. The minimum Gasteiger partial charge on any atom is -0.492 e. The molecule has 1 aliphatic carbocycles. The molecular weight excluding hydrogens is 238 g/mol. The molecule has 1 heterocycles. The molecule has 0 aliphatic heterocycles. The number of benzene rings is 1. The molecule has 0 spiro atoms. The van der Waals surface area contributed by atoms with Crippen LogP contribution in [0.3, 0.4) is 0 Å². The third-order valence-corrected chi connectivity index (χ3v) is 3.95. The van der Waals surface area contributed by atoms with Crippen molar-refractivity contribution >= 4 is 17.0 Å². The largest absolute Gasteiger partial charge is 0.492 e. The molecule has 0 saturated heterocycles. The van der Waals surface area contributed by atoms with Gasteiger partial charge in [0.2, 0.25) is 5.95 Å². The number of ether oxygens (including phenoxy) is 1. The van der Waals surface area contributed by atoms with Crippen molar-refractivity contribution in [3.8, 4) is 5.75 Å². The lowest BCUT2D eigenvalue weighted by atomic mass is 9.95. The summed E-state index contributed by atoms with van der Waals surface area (Å²) in [5, 5.41) is 0. The fourth-order valence-corrected chi connectivity index (χ4v) is 3.10. The maximum Gasteiger partial charge on any atom is 0.201 e. The predicted octanol–water partition coefficient (Wildman–Crippen LogP) is 3.52. The topological polar surface area (TPSA) is 53.1 Å². The highest BCUT2D eigenvalue weighted by molar-refractivity contribution is 5.84. The van der Waals surface area contributed by atoms with Crippen molar-refractivity contribution in [2.75, 3.05) is 12.3 Å². The molecular formula is C15H21N3O. The van der Waals surface area contributed by atoms with Crippen molar-refractivity contribution < 1.29 is 4.74 Å². The molecule has 0 unspecified atom stereocenters. The van der Waals surface area contributed by atoms with Gasteiger partial charge in [0, 0.05) is 6.04 Å². The van der Waals surface area contributed by atoms with Crippen LogP contribution in [0.1, 0.15) is 45.1 Å². The van der Waals surface area contributed by atoms with Crippen LogP contribution in [0.4, 0.5) is 5.95 Å². The van der Waals surface area contributed by atoms with Crippen molar-refractivity contribution in [3.63, 3.8) is 0 Å². The Morgan fingerprint density at radius 3 is 2.84 bits per heavy atom. The molecule has 2 aromatic rings. The summed E-state index contributed by atoms with van der Waals surface area (Å²) in [5.74, 6) is 1.45. The minimum absolute atomic E-state index is 0.496. The Morgan fingerprint density at radius 2 is 2.11 bits per heavy atom. The molecule has 0 radical (unpaired) electrons. The third kappa shape index (κ3) is 2.15. The van der Waals surface area contributed by atoms with Crippen molar-refractivity contribution in [2.24, 2.45) is 0 Å². The number of para-hydroxylation sites is 1. The quantitative estimate of drug-likeness (QED) is 0.917. The van der Waals surface area contributed by atoms with E-state index in [1.807, 2.05) is 19.1 Å². The Balaban J connectivity index is 2.08. The molecule has 4 heteroatoms. The number of imidazole rings is 1. The number of nitrogens with two attached hydrogens (primary N) is 1. The molecule has 19 heavy (non-hydrogen) atoms. The van der Waals surface area contributed by atoms with Gasteiger partial charge in [-0.2, -0.15) is 0 Å². The van der Waals surface area contributed by atoms with Crippen LogP contribution in [0.25, 0.3) is 11.0 Å². The number of anilines is 1. The van der Waals surface area contributed by atoms with Gasteiger partial charge in [0.15, 0.2) is 0 Å². The summed E-state index contributed by atoms with van der Waals surface area (Å²) < 4.78 is 7.85. The van der Waals surface area contributed by atoms with Crippen LogP contribution in [0.5, 0.6) is 5.75 Å². The van der Waals surface area contributed by atoms with E-state index in [0.717, 1.165) is 16.8 Å². The van der Waals surface area contributed by atoms with Crippen molar-refractivity contribution in [2.45, 2.75) is 45.1 Å². The average molecular weight is 259 g/mol. The summed E-state index contributed by atoms with van der Waals surface area (Å²) in [4.78, 5) is 4.52. The molecule has 1 aromatic carbocycles. The van der Waals surface area contributed by atoms with Crippen molar-refractivity contribution in [1.82, 2.24) is 9.55 Å². The van der Waals surface area contributed by atoms with E-state index in [0.29, 0.717) is 18.6 Å². The minimum atomic E-state index is 0.496. The Hall–Kier alpha value is -1.71. The lowest BCUT2D eigenvalue weighted by Crippen LogP contribution is -2.14. The summed E-state index contributed by atoms with van der Waals surface area (Å²) in [6.07, 6.45) is 6.32. The number of rotatable bonds is 3. The number of nitrogens with zero attached hydrogens (tertiary/aromatic N) is 2. The van der Waals surface area contributed by atoms with Crippen molar-refractivity contribution in [1.29, 1.82) is 0 Å². The summed E-state index contributed by atoms with van der Waals surface area (Å²) in [5.41, 5.74) is 8.15. The van der Waals surface area contributed by atoms with Crippen molar-refractivity contribution in [3.05, 3.63) is 18.2 Å². The van der Waals surface area contributed by atoms with E-state index < -0.39 is 0 Å². The summed E-state index contributed by atoms with van der Waals surface area (Å²) in [6, 6.07) is 6.57. The van der Waals surface area contributed by atoms with E-state index in [2.05, 4.69) is 15.6 Å². The average Bonchev–Trinajstić information content (AvgIpc) is 2.77. The smallest absolute Gasteiger partial charge is 0.201 e. The van der Waals surface area contributed by atoms with E-state index >= 15 is 0 Å². The highest BCUT2D eigenvalue weighted by Crippen LogP contribution is 2.35. The SMILES string of the molecule is CCOc1cccc2c1nc(N)n2C1CCCCC1. The van der Waals surface area contributed by atoms with E-state index in [1.165, 1.54) is 32.1 Å². The predicted molar refractivity (Wildman–Crippen MR) is 77.4 cm³/mol. The fraction of sp³-hybridized carbons (Fsp3) is 0.533. The number of fused-ring (bicyclic) bond motifs is 1. The zero-order valence-corrected chi connectivity index (χ0v) is 11.4. The molecule has 3 rings (SSSR count). The number of hydrogen-bond donors (Lipinski definition) is 1. The molecule has 4 nitrogen and oxygen atoms in total. The second-order valence-electron chi connectivity index (χ2n) is 5.19. The molecule has 1 saturated carbocycles. The van der Waals surface area contributed by atoms with Gasteiger partial charge in [0.25, 0.3) is 0 Å². The molecule has 1 fully saturated rings. The molecule has 102 valence electrons. The number of nitrogen functional groups attached to an aromatic ring is 1. The van der Waals surface area contributed by atoms with Gasteiger partial charge in [0.1, 0.15) is 11.3 Å². The van der Waals surface area contributed by atoms with Gasteiger partial charge in [-0.1, -0.05) is 25.3 Å². The lowest BCUT2D eigenvalue weighted by molar-refractivity contribution is 0.343. The van der Waals surface area contributed by atoms with Gasteiger partial charge in [-0.3, -0.25) is 0 Å². The molecule has 1 aromatic heterocycles. The highest BCUT2D eigenvalue weighted by Gasteiger charge is 2.21. The normalized spacial score (nSPS) is 16.9. The van der Waals surface area contributed by atoms with Crippen LogP contribution in [0.15, 0.2) is 18.2 Å². The summed E-state index contributed by atoms with van der Waals surface area (Å²) >= 11 is 0. The molecule has 0 bridgehead atoms. The first-order valence-corrected chi connectivity index (χ1v) is 7.20. The molecule has 0 amide bonds. The van der Waals surface area contributed by atoms with Crippen LogP contribution in [-0.4, -0.2) is 16.2 Å². The van der Waals surface area contributed by atoms with Gasteiger partial charge < -0.3 is 15.0 Å². The van der Waals surface area contributed by atoms with E-state index in [1.54, 1.807) is 0 Å². The van der Waals surface area contributed by atoms with Gasteiger partial charge in [-0.15, -0.1) is 0 Å². The molecule has 2 N–H and O–H groups in total. The Labute approximate surface area is 113 Å². The first-order valence-electron chi connectivity index (χ1n) is 7.20. The number of aromatic nitrogens is 2. The molecule has 1 aliphatic rings. The Bertz CT molecular complexity index is 570. The van der Waals surface area contributed by atoms with E-state index in [9.17, 15) is 0 Å². The standard InChI is InChI=1S/C15H21N3O/c1-2-19-13-10-6-9-12-14(13)17-15(16)18(12)11-7-4-3-5-8-11/h6,9-11H,2-5,7-8H2,1H3,(H2,16,17). The maximum absolute atomic E-state index is 6.15. The zero-order valence-electron chi connectivity index (χ0n) is 11.4. The first-order chi connectivity index (χ1) is 9.31. The van der Waals surface area contributed by atoms with Gasteiger partial charge in [0.05, 0.1) is 12.1 Å². The van der Waals surface area contributed by atoms with Crippen LogP contribution in [-0.2, 0) is 0 Å². The Morgan fingerprint density at radius 1 is 1.32 bits per heavy atom. The Kier molecular flexibility index (Phi) is 3.32. The highest BCUT2D eigenvalue weighted by atomic mass is 16.5. The van der Waals surface area contributed by atoms with Crippen LogP contribution >= 0.6 is 0 Å². The monoisotopic (exact) mass is 259 g/mol. The first kappa shape index (κ1) is 12.3. The van der Waals surface area contributed by atoms with Crippen LogP contribution in [0, 0.1) is 0 Å². The molecule has 0 atom stereocenters. The van der Waals surface area contributed by atoms with Gasteiger partial charge >= 0.3 is 0 Å². The van der Waals surface area contributed by atoms with E-state index in [4.69, 9.17) is 10.5 Å². The number of hydrogen-bond acceptors (Lipinski definition) is 3. The zero-order chi connectivity index (χ0) is 13.2. The van der Waals surface area contributed by atoms with Gasteiger partial charge in [-0.25, -0.2) is 4.98 Å². The lowest BCUT2D eigenvalue weighted by Gasteiger charge is -2.24. The summed E-state index contributed by atoms with van der Waals surface area (Å²) in [6.45, 7) is 2.63. The van der Waals surface area contributed by atoms with E-state index in [-0.39, 0.29) is 0 Å². The summed E-state index contributed by atoms with van der Waals surface area (Å²) in [7, 11) is 0. The van der Waals surface area contributed by atoms with Gasteiger partial charge in [-0.05, 0) is 31.9 Å². The maximum atomic E-state index is 6.15.